The van der Waals surface area contributed by atoms with Crippen molar-refractivity contribution in [2.24, 2.45) is 0 Å². The predicted octanol–water partition coefficient (Wildman–Crippen LogP) is 0.882. The van der Waals surface area contributed by atoms with E-state index in [1.165, 1.54) is 4.57 Å². The number of Topliss-reactive ketones (excluding diaryl/α,β-unsaturated/α-hetero) is 1. The minimum absolute atomic E-state index is 0.0225. The number of ether oxygens (including phenoxy) is 1. The molecule has 0 aromatic carbocycles. The standard InChI is InChI=1S/C11H12N2O3/c1-2-16-11(15)6-10(14)8-13-5-3-4-9(13)7-12/h3-5H,2,6,8H2,1H3. The van der Waals surface area contributed by atoms with E-state index < -0.39 is 5.97 Å². The first-order valence-corrected chi connectivity index (χ1v) is 4.90. The lowest BCUT2D eigenvalue weighted by molar-refractivity contribution is -0.145. The number of esters is 1. The summed E-state index contributed by atoms with van der Waals surface area (Å²) in [6, 6.07) is 5.24. The van der Waals surface area contributed by atoms with Gasteiger partial charge in [0.05, 0.1) is 13.2 Å². The summed E-state index contributed by atoms with van der Waals surface area (Å²) in [6.45, 7) is 1.97. The number of hydrogen-bond acceptors (Lipinski definition) is 4. The number of aromatic nitrogens is 1. The predicted molar refractivity (Wildman–Crippen MR) is 55.4 cm³/mol. The zero-order chi connectivity index (χ0) is 12.0. The van der Waals surface area contributed by atoms with Gasteiger partial charge in [0, 0.05) is 6.20 Å². The molecular formula is C11H12N2O3. The largest absolute Gasteiger partial charge is 0.466 e. The quantitative estimate of drug-likeness (QED) is 0.545. The van der Waals surface area contributed by atoms with Crippen molar-refractivity contribution in [3.8, 4) is 6.07 Å². The van der Waals surface area contributed by atoms with E-state index in [2.05, 4.69) is 4.74 Å². The Bertz CT molecular complexity index is 429. The van der Waals surface area contributed by atoms with Gasteiger partial charge in [-0.05, 0) is 19.1 Å². The molecule has 0 saturated heterocycles. The van der Waals surface area contributed by atoms with E-state index in [1.54, 1.807) is 25.3 Å². The fourth-order valence-corrected chi connectivity index (χ4v) is 1.27. The maximum absolute atomic E-state index is 11.4. The van der Waals surface area contributed by atoms with Gasteiger partial charge >= 0.3 is 5.97 Å². The first-order valence-electron chi connectivity index (χ1n) is 4.90. The van der Waals surface area contributed by atoms with Gasteiger partial charge in [0.25, 0.3) is 0 Å². The number of ketones is 1. The molecule has 0 aliphatic carbocycles. The molecule has 0 atom stereocenters. The highest BCUT2D eigenvalue weighted by Crippen LogP contribution is 2.01. The van der Waals surface area contributed by atoms with Gasteiger partial charge in [-0.15, -0.1) is 0 Å². The summed E-state index contributed by atoms with van der Waals surface area (Å²) >= 11 is 0. The molecule has 16 heavy (non-hydrogen) atoms. The molecule has 0 radical (unpaired) electrons. The molecule has 1 aromatic heterocycles. The van der Waals surface area contributed by atoms with Gasteiger partial charge in [-0.1, -0.05) is 0 Å². The number of rotatable bonds is 5. The van der Waals surface area contributed by atoms with Crippen LogP contribution < -0.4 is 0 Å². The molecule has 0 amide bonds. The van der Waals surface area contributed by atoms with Gasteiger partial charge < -0.3 is 9.30 Å². The molecule has 1 heterocycles. The lowest BCUT2D eigenvalue weighted by atomic mass is 10.3. The van der Waals surface area contributed by atoms with E-state index >= 15 is 0 Å². The number of nitrogens with zero attached hydrogens (tertiary/aromatic N) is 2. The van der Waals surface area contributed by atoms with E-state index in [0.717, 1.165) is 0 Å². The van der Waals surface area contributed by atoms with Crippen LogP contribution in [0.25, 0.3) is 0 Å². The van der Waals surface area contributed by atoms with Crippen LogP contribution in [0.4, 0.5) is 0 Å². The molecule has 0 aliphatic heterocycles. The SMILES string of the molecule is CCOC(=O)CC(=O)Cn1cccc1C#N. The highest BCUT2D eigenvalue weighted by Gasteiger charge is 2.11. The van der Waals surface area contributed by atoms with Gasteiger partial charge in [-0.2, -0.15) is 5.26 Å². The molecule has 5 nitrogen and oxygen atoms in total. The molecule has 0 fully saturated rings. The Labute approximate surface area is 93.2 Å². The zero-order valence-corrected chi connectivity index (χ0v) is 8.97. The summed E-state index contributed by atoms with van der Waals surface area (Å²) < 4.78 is 6.16. The van der Waals surface area contributed by atoms with Crippen molar-refractivity contribution in [3.63, 3.8) is 0 Å². The highest BCUT2D eigenvalue weighted by atomic mass is 16.5. The lowest BCUT2D eigenvalue weighted by Crippen LogP contribution is -2.16. The third kappa shape index (κ3) is 3.24. The molecule has 1 aromatic rings. The number of carbonyl (C=O) groups is 2. The summed E-state index contributed by atoms with van der Waals surface area (Å²) in [5, 5.41) is 8.71. The Kier molecular flexibility index (Phi) is 4.28. The summed E-state index contributed by atoms with van der Waals surface area (Å²) in [5.74, 6) is -0.802. The van der Waals surface area contributed by atoms with E-state index in [-0.39, 0.29) is 25.4 Å². The Morgan fingerprint density at radius 3 is 2.94 bits per heavy atom. The average molecular weight is 220 g/mol. The maximum Gasteiger partial charge on any atom is 0.313 e. The average Bonchev–Trinajstić information content (AvgIpc) is 2.65. The molecule has 0 N–H and O–H groups in total. The molecule has 0 spiro atoms. The second-order valence-electron chi connectivity index (χ2n) is 3.15. The van der Waals surface area contributed by atoms with Crippen LogP contribution in [0.15, 0.2) is 18.3 Å². The Hall–Kier alpha value is -2.09. The van der Waals surface area contributed by atoms with Crippen molar-refractivity contribution in [3.05, 3.63) is 24.0 Å². The molecular weight excluding hydrogens is 208 g/mol. The number of carbonyl (C=O) groups excluding carboxylic acids is 2. The van der Waals surface area contributed by atoms with Crippen LogP contribution in [-0.4, -0.2) is 22.9 Å². The van der Waals surface area contributed by atoms with Crippen molar-refractivity contribution in [2.75, 3.05) is 6.61 Å². The molecule has 0 aliphatic rings. The van der Waals surface area contributed by atoms with Crippen LogP contribution in [0.5, 0.6) is 0 Å². The highest BCUT2D eigenvalue weighted by molar-refractivity contribution is 5.95. The third-order valence-corrected chi connectivity index (χ3v) is 1.94. The summed E-state index contributed by atoms with van der Waals surface area (Å²) in [6.07, 6.45) is 1.37. The summed E-state index contributed by atoms with van der Waals surface area (Å²) in [5.41, 5.74) is 0.400. The van der Waals surface area contributed by atoms with Gasteiger partial charge in [0.2, 0.25) is 0 Å². The Morgan fingerprint density at radius 1 is 1.56 bits per heavy atom. The van der Waals surface area contributed by atoms with E-state index in [9.17, 15) is 9.59 Å². The Balaban J connectivity index is 2.52. The van der Waals surface area contributed by atoms with E-state index in [1.807, 2.05) is 6.07 Å². The fraction of sp³-hybridized carbons (Fsp3) is 0.364. The van der Waals surface area contributed by atoms with Crippen LogP contribution in [0.1, 0.15) is 19.0 Å². The van der Waals surface area contributed by atoms with Gasteiger partial charge in [-0.3, -0.25) is 9.59 Å². The Morgan fingerprint density at radius 2 is 2.31 bits per heavy atom. The van der Waals surface area contributed by atoms with E-state index in [0.29, 0.717) is 5.69 Å². The van der Waals surface area contributed by atoms with Gasteiger partial charge in [0.15, 0.2) is 5.78 Å². The number of nitriles is 1. The number of hydrogen-bond donors (Lipinski definition) is 0. The fourth-order valence-electron chi connectivity index (χ4n) is 1.27. The molecule has 84 valence electrons. The molecule has 5 heteroatoms. The van der Waals surface area contributed by atoms with Crippen LogP contribution in [0, 0.1) is 11.3 Å². The summed E-state index contributed by atoms with van der Waals surface area (Å²) in [7, 11) is 0. The first kappa shape index (κ1) is 12.0. The second-order valence-corrected chi connectivity index (χ2v) is 3.15. The first-order chi connectivity index (χ1) is 7.67. The van der Waals surface area contributed by atoms with Crippen LogP contribution in [0.3, 0.4) is 0 Å². The minimum atomic E-state index is -0.529. The van der Waals surface area contributed by atoms with Crippen molar-refractivity contribution in [2.45, 2.75) is 19.9 Å². The van der Waals surface area contributed by atoms with Gasteiger partial charge in [-0.25, -0.2) is 0 Å². The van der Waals surface area contributed by atoms with Crippen molar-refractivity contribution in [1.29, 1.82) is 5.26 Å². The molecule has 0 unspecified atom stereocenters. The smallest absolute Gasteiger partial charge is 0.313 e. The van der Waals surface area contributed by atoms with E-state index in [4.69, 9.17) is 5.26 Å². The monoisotopic (exact) mass is 220 g/mol. The third-order valence-electron chi connectivity index (χ3n) is 1.94. The topological polar surface area (TPSA) is 72.1 Å². The normalized spacial score (nSPS) is 9.50. The van der Waals surface area contributed by atoms with Crippen molar-refractivity contribution in [1.82, 2.24) is 4.57 Å². The van der Waals surface area contributed by atoms with Crippen LogP contribution >= 0.6 is 0 Å². The second kappa shape index (κ2) is 5.71. The zero-order valence-electron chi connectivity index (χ0n) is 8.97. The molecule has 1 rings (SSSR count). The molecule has 0 saturated carbocycles. The van der Waals surface area contributed by atoms with Gasteiger partial charge in [0.1, 0.15) is 18.2 Å². The maximum atomic E-state index is 11.4. The lowest BCUT2D eigenvalue weighted by Gasteiger charge is -2.03. The van der Waals surface area contributed by atoms with Crippen molar-refractivity contribution >= 4 is 11.8 Å². The van der Waals surface area contributed by atoms with Crippen LogP contribution in [0.2, 0.25) is 0 Å². The minimum Gasteiger partial charge on any atom is -0.466 e. The van der Waals surface area contributed by atoms with Crippen molar-refractivity contribution < 1.29 is 14.3 Å². The van der Waals surface area contributed by atoms with Crippen LogP contribution in [-0.2, 0) is 20.9 Å². The molecule has 0 bridgehead atoms. The summed E-state index contributed by atoms with van der Waals surface area (Å²) in [4.78, 5) is 22.5.